The summed E-state index contributed by atoms with van der Waals surface area (Å²) < 4.78 is 1.94. The second-order valence-electron chi connectivity index (χ2n) is 4.67. The van der Waals surface area contributed by atoms with Crippen molar-refractivity contribution in [1.82, 2.24) is 24.8 Å². The number of tetrazole rings is 1. The average Bonchev–Trinajstić information content (AvgIpc) is 2.91. The van der Waals surface area contributed by atoms with Crippen LogP contribution in [0.4, 0.5) is 5.69 Å². The molecule has 0 saturated heterocycles. The van der Waals surface area contributed by atoms with Crippen molar-refractivity contribution in [2.45, 2.75) is 6.54 Å². The van der Waals surface area contributed by atoms with E-state index in [-0.39, 0.29) is 11.7 Å². The number of rotatable bonds is 4. The van der Waals surface area contributed by atoms with Crippen LogP contribution in [0.3, 0.4) is 0 Å². The number of hydrogen-bond acceptors (Lipinski definition) is 5. The fourth-order valence-corrected chi connectivity index (χ4v) is 2.34. The second-order valence-corrected chi connectivity index (χ2v) is 5.44. The monoisotopic (exact) mass is 364 g/mol. The van der Waals surface area contributed by atoms with Crippen LogP contribution in [0.1, 0.15) is 0 Å². The normalized spacial score (nSPS) is 10.6. The van der Waals surface area contributed by atoms with Gasteiger partial charge in [0.25, 0.3) is 0 Å². The van der Waals surface area contributed by atoms with Gasteiger partial charge < -0.3 is 5.32 Å². The Morgan fingerprint density at radius 3 is 2.67 bits per heavy atom. The molecule has 0 saturated carbocycles. The van der Waals surface area contributed by atoms with Gasteiger partial charge in [0, 0.05) is 6.20 Å². The van der Waals surface area contributed by atoms with Gasteiger partial charge in [0.1, 0.15) is 6.54 Å². The minimum absolute atomic E-state index is 0.151. The van der Waals surface area contributed by atoms with Gasteiger partial charge in [0.15, 0.2) is 5.15 Å². The summed E-state index contributed by atoms with van der Waals surface area (Å²) in [5, 5.41) is 10.5. The average molecular weight is 365 g/mol. The van der Waals surface area contributed by atoms with Crippen LogP contribution in [0.15, 0.2) is 47.4 Å². The third-order valence-electron chi connectivity index (χ3n) is 3.05. The van der Waals surface area contributed by atoms with Gasteiger partial charge >= 0.3 is 5.69 Å². The van der Waals surface area contributed by atoms with Gasteiger partial charge in [-0.05, 0) is 34.7 Å². The molecule has 0 radical (unpaired) electrons. The first-order valence-electron chi connectivity index (χ1n) is 6.74. The van der Waals surface area contributed by atoms with Crippen molar-refractivity contribution < 1.29 is 4.79 Å². The summed E-state index contributed by atoms with van der Waals surface area (Å²) in [6.45, 7) is -0.325. The topological polar surface area (TPSA) is 94.7 Å². The zero-order valence-corrected chi connectivity index (χ0v) is 13.6. The maximum absolute atomic E-state index is 12.3. The summed E-state index contributed by atoms with van der Waals surface area (Å²) in [4.78, 5) is 28.2. The number of anilines is 1. The molecule has 1 N–H and O–H groups in total. The van der Waals surface area contributed by atoms with Gasteiger partial charge in [-0.3, -0.25) is 4.79 Å². The van der Waals surface area contributed by atoms with Crippen molar-refractivity contribution in [3.8, 4) is 5.69 Å². The Kier molecular flexibility index (Phi) is 4.59. The maximum atomic E-state index is 12.3. The summed E-state index contributed by atoms with van der Waals surface area (Å²) >= 11 is 11.9. The Bertz CT molecular complexity index is 952. The number of aromatic nitrogens is 5. The molecule has 1 amide bonds. The number of para-hydroxylation sites is 1. The largest absolute Gasteiger partial charge is 0.369 e. The molecule has 1 aromatic carbocycles. The van der Waals surface area contributed by atoms with E-state index < -0.39 is 11.6 Å². The van der Waals surface area contributed by atoms with Gasteiger partial charge in [-0.2, -0.15) is 9.36 Å². The highest BCUT2D eigenvalue weighted by Crippen LogP contribution is 2.18. The van der Waals surface area contributed by atoms with E-state index in [9.17, 15) is 9.59 Å². The fraction of sp³-hybridized carbons (Fsp3) is 0.0714. The first-order chi connectivity index (χ1) is 11.6. The highest BCUT2D eigenvalue weighted by atomic mass is 35.5. The molecule has 0 unspecified atom stereocenters. The van der Waals surface area contributed by atoms with Gasteiger partial charge in [-0.15, -0.1) is 0 Å². The van der Waals surface area contributed by atoms with E-state index >= 15 is 0 Å². The van der Waals surface area contributed by atoms with Crippen LogP contribution in [-0.4, -0.2) is 30.7 Å². The Hall–Kier alpha value is -2.71. The highest BCUT2D eigenvalue weighted by molar-refractivity contribution is 6.32. The molecular formula is C14H10Cl2N6O2. The van der Waals surface area contributed by atoms with Crippen molar-refractivity contribution in [2.24, 2.45) is 0 Å². The maximum Gasteiger partial charge on any atom is 0.369 e. The molecule has 24 heavy (non-hydrogen) atoms. The first-order valence-corrected chi connectivity index (χ1v) is 7.50. The molecule has 10 heteroatoms. The lowest BCUT2D eigenvalue weighted by Crippen LogP contribution is -2.29. The summed E-state index contributed by atoms with van der Waals surface area (Å²) in [6.07, 6.45) is 1.50. The Labute approximate surface area is 145 Å². The zero-order valence-electron chi connectivity index (χ0n) is 12.1. The molecule has 3 aromatic rings. The molecule has 0 atom stereocenters. The number of carbonyl (C=O) groups is 1. The lowest BCUT2D eigenvalue weighted by atomic mass is 10.3. The summed E-state index contributed by atoms with van der Waals surface area (Å²) in [6, 6.07) is 9.91. The number of carbonyl (C=O) groups excluding carboxylic acids is 1. The Morgan fingerprint density at radius 1 is 1.12 bits per heavy atom. The fourth-order valence-electron chi connectivity index (χ4n) is 1.95. The lowest BCUT2D eigenvalue weighted by Gasteiger charge is -2.05. The molecule has 3 rings (SSSR count). The third kappa shape index (κ3) is 3.29. The van der Waals surface area contributed by atoms with E-state index in [0.29, 0.717) is 16.4 Å². The van der Waals surface area contributed by atoms with Crippen LogP contribution in [0, 0.1) is 0 Å². The van der Waals surface area contributed by atoms with Crippen LogP contribution in [0.25, 0.3) is 5.69 Å². The Morgan fingerprint density at radius 2 is 1.92 bits per heavy atom. The Balaban J connectivity index is 1.80. The van der Waals surface area contributed by atoms with E-state index in [2.05, 4.69) is 20.7 Å². The molecule has 8 nitrogen and oxygen atoms in total. The zero-order chi connectivity index (χ0) is 17.1. The smallest absolute Gasteiger partial charge is 0.322 e. The van der Waals surface area contributed by atoms with Crippen LogP contribution >= 0.6 is 23.2 Å². The van der Waals surface area contributed by atoms with Crippen molar-refractivity contribution in [2.75, 3.05) is 5.32 Å². The molecule has 0 aliphatic carbocycles. The molecule has 0 aliphatic heterocycles. The van der Waals surface area contributed by atoms with Crippen molar-refractivity contribution >= 4 is 34.8 Å². The van der Waals surface area contributed by atoms with E-state index in [1.54, 1.807) is 36.4 Å². The van der Waals surface area contributed by atoms with Gasteiger partial charge in [0.2, 0.25) is 5.91 Å². The number of nitrogens with one attached hydrogen (secondary N) is 1. The van der Waals surface area contributed by atoms with Crippen molar-refractivity contribution in [1.29, 1.82) is 0 Å². The molecule has 0 spiro atoms. The highest BCUT2D eigenvalue weighted by Gasteiger charge is 2.14. The standard InChI is InChI=1S/C14H10Cl2N6O2/c15-9-4-1-2-6-11(9)22-14(24)21(19-20-22)8-12(23)18-10-5-3-7-17-13(10)16/h1-7H,8H2,(H,18,23). The second kappa shape index (κ2) is 6.81. The van der Waals surface area contributed by atoms with Crippen LogP contribution in [-0.2, 0) is 11.3 Å². The summed E-state index contributed by atoms with van der Waals surface area (Å²) in [5.74, 6) is -0.488. The van der Waals surface area contributed by atoms with E-state index in [4.69, 9.17) is 23.2 Å². The molecule has 2 heterocycles. The van der Waals surface area contributed by atoms with E-state index in [1.165, 1.54) is 6.20 Å². The summed E-state index contributed by atoms with van der Waals surface area (Å²) in [7, 11) is 0. The van der Waals surface area contributed by atoms with Crippen molar-refractivity contribution in [3.05, 3.63) is 63.3 Å². The minimum atomic E-state index is -0.587. The predicted octanol–water partition coefficient (Wildman–Crippen LogP) is 1.77. The SMILES string of the molecule is O=C(Cn1nnn(-c2ccccc2Cl)c1=O)Nc1cccnc1Cl. The molecular weight excluding hydrogens is 355 g/mol. The van der Waals surface area contributed by atoms with E-state index in [1.807, 2.05) is 0 Å². The number of halogens is 2. The lowest BCUT2D eigenvalue weighted by molar-refractivity contribution is -0.117. The van der Waals surface area contributed by atoms with Crippen LogP contribution in [0.5, 0.6) is 0 Å². The quantitative estimate of drug-likeness (QED) is 0.711. The third-order valence-corrected chi connectivity index (χ3v) is 3.67. The molecule has 0 aliphatic rings. The molecule has 122 valence electrons. The number of pyridine rings is 1. The van der Waals surface area contributed by atoms with E-state index in [0.717, 1.165) is 9.36 Å². The number of nitrogens with zero attached hydrogens (tertiary/aromatic N) is 5. The number of amides is 1. The number of benzene rings is 1. The van der Waals surface area contributed by atoms with Gasteiger partial charge in [-0.1, -0.05) is 35.3 Å². The van der Waals surface area contributed by atoms with Crippen LogP contribution in [0.2, 0.25) is 10.2 Å². The first kappa shape index (κ1) is 16.2. The van der Waals surface area contributed by atoms with Gasteiger partial charge in [-0.25, -0.2) is 9.78 Å². The molecule has 0 bridgehead atoms. The predicted molar refractivity (Wildman–Crippen MR) is 88.5 cm³/mol. The van der Waals surface area contributed by atoms with Crippen molar-refractivity contribution in [3.63, 3.8) is 0 Å². The number of hydrogen-bond donors (Lipinski definition) is 1. The molecule has 0 fully saturated rings. The molecule has 2 aromatic heterocycles. The minimum Gasteiger partial charge on any atom is -0.322 e. The summed E-state index contributed by atoms with van der Waals surface area (Å²) in [5.41, 5.74) is 0.136. The van der Waals surface area contributed by atoms with Crippen LogP contribution < -0.4 is 11.0 Å². The van der Waals surface area contributed by atoms with Gasteiger partial charge in [0.05, 0.1) is 16.4 Å².